The highest BCUT2D eigenvalue weighted by molar-refractivity contribution is 7.89. The van der Waals surface area contributed by atoms with Crippen LogP contribution in [-0.2, 0) is 22.9 Å². The number of hydrogen-bond donors (Lipinski definition) is 0. The minimum absolute atomic E-state index is 0.245. The molecule has 3 aromatic rings. The average molecular weight is 493 g/mol. The third-order valence-corrected chi connectivity index (χ3v) is 8.06. The van der Waals surface area contributed by atoms with Gasteiger partial charge >= 0.3 is 0 Å². The van der Waals surface area contributed by atoms with Crippen molar-refractivity contribution < 1.29 is 8.42 Å². The quantitative estimate of drug-likeness (QED) is 0.457. The Morgan fingerprint density at radius 2 is 1.69 bits per heavy atom. The average Bonchev–Trinajstić information content (AvgIpc) is 3.17. The van der Waals surface area contributed by atoms with E-state index in [9.17, 15) is 8.42 Å². The molecule has 1 aromatic carbocycles. The van der Waals surface area contributed by atoms with Crippen LogP contribution >= 0.6 is 0 Å². The summed E-state index contributed by atoms with van der Waals surface area (Å²) in [5.41, 5.74) is 1.85. The second-order valence-electron chi connectivity index (χ2n) is 9.58. The van der Waals surface area contributed by atoms with Gasteiger partial charge in [0.1, 0.15) is 5.36 Å². The summed E-state index contributed by atoms with van der Waals surface area (Å²) in [5.74, 6) is 0.283. The van der Waals surface area contributed by atoms with Crippen molar-refractivity contribution in [2.24, 2.45) is 15.9 Å². The third kappa shape index (κ3) is 5.46. The fourth-order valence-electron chi connectivity index (χ4n) is 4.34. The Hall–Kier alpha value is -3.04. The third-order valence-electron chi connectivity index (χ3n) is 6.18. The van der Waals surface area contributed by atoms with E-state index in [1.165, 1.54) is 4.31 Å². The van der Waals surface area contributed by atoms with Crippen molar-refractivity contribution in [3.8, 4) is 0 Å². The van der Waals surface area contributed by atoms with Crippen LogP contribution in [0.25, 0.3) is 0 Å². The highest BCUT2D eigenvalue weighted by atomic mass is 32.2. The predicted molar refractivity (Wildman–Crippen MR) is 134 cm³/mol. The minimum Gasteiger partial charge on any atom is -0.262 e. The molecule has 0 aliphatic carbocycles. The van der Waals surface area contributed by atoms with Gasteiger partial charge in [0.15, 0.2) is 5.66 Å². The summed E-state index contributed by atoms with van der Waals surface area (Å²) in [5, 5.41) is 1.61. The Labute approximate surface area is 207 Å². The zero-order valence-corrected chi connectivity index (χ0v) is 21.7. The van der Waals surface area contributed by atoms with Crippen LogP contribution < -0.4 is 10.7 Å². The molecule has 1 aliphatic rings. The molecule has 0 saturated carbocycles. The molecular formula is C26H32N6O2S. The maximum atomic E-state index is 13.6. The molecule has 2 atom stereocenters. The van der Waals surface area contributed by atoms with Gasteiger partial charge in [-0.15, -0.1) is 0 Å². The number of fused-ring (bicyclic) bond motifs is 1. The lowest BCUT2D eigenvalue weighted by molar-refractivity contribution is 0.317. The Morgan fingerprint density at radius 3 is 2.34 bits per heavy atom. The largest absolute Gasteiger partial charge is 0.262 e. The number of benzene rings is 1. The molecule has 0 bridgehead atoms. The molecule has 35 heavy (non-hydrogen) atoms. The van der Waals surface area contributed by atoms with Crippen LogP contribution in [0.5, 0.6) is 0 Å². The van der Waals surface area contributed by atoms with Crippen LogP contribution in [0.3, 0.4) is 0 Å². The monoisotopic (exact) mass is 492 g/mol. The lowest BCUT2D eigenvalue weighted by Gasteiger charge is -2.28. The van der Waals surface area contributed by atoms with Crippen LogP contribution in [-0.4, -0.2) is 40.4 Å². The fraction of sp³-hybridized carbons (Fsp3) is 0.423. The Morgan fingerprint density at radius 1 is 0.971 bits per heavy atom. The number of hydrogen-bond acceptors (Lipinski definition) is 7. The number of rotatable bonds is 9. The molecule has 0 radical (unpaired) electrons. The second-order valence-corrected chi connectivity index (χ2v) is 11.6. The highest BCUT2D eigenvalue weighted by Crippen LogP contribution is 2.31. The summed E-state index contributed by atoms with van der Waals surface area (Å²) >= 11 is 0. The fourth-order valence-corrected chi connectivity index (χ4v) is 5.68. The van der Waals surface area contributed by atoms with E-state index in [0.717, 1.165) is 28.4 Å². The van der Waals surface area contributed by atoms with E-state index in [1.54, 1.807) is 44.0 Å². The molecular weight excluding hydrogens is 460 g/mol. The summed E-state index contributed by atoms with van der Waals surface area (Å²) in [7, 11) is -2.12. The molecule has 0 N–H and O–H groups in total. The molecule has 2 aromatic heterocycles. The predicted octanol–water partition coefficient (Wildman–Crippen LogP) is 3.05. The summed E-state index contributed by atoms with van der Waals surface area (Å²) < 4.78 is 28.6. The van der Waals surface area contributed by atoms with Gasteiger partial charge < -0.3 is 0 Å². The molecule has 9 heteroatoms. The zero-order valence-electron chi connectivity index (χ0n) is 20.9. The minimum atomic E-state index is -3.74. The van der Waals surface area contributed by atoms with E-state index in [2.05, 4.69) is 28.8 Å². The first kappa shape index (κ1) is 25.1. The van der Waals surface area contributed by atoms with E-state index >= 15 is 0 Å². The van der Waals surface area contributed by atoms with Crippen LogP contribution in [0.2, 0.25) is 0 Å². The highest BCUT2D eigenvalue weighted by Gasteiger charge is 2.31. The summed E-state index contributed by atoms with van der Waals surface area (Å²) in [6.07, 6.45) is 8.76. The molecule has 0 amide bonds. The second kappa shape index (κ2) is 9.91. The number of pyridine rings is 1. The first-order valence-electron chi connectivity index (χ1n) is 11.9. The van der Waals surface area contributed by atoms with Crippen LogP contribution in [0.4, 0.5) is 0 Å². The molecule has 0 spiro atoms. The number of nitrogens with zero attached hydrogens (tertiary/aromatic N) is 6. The van der Waals surface area contributed by atoms with E-state index < -0.39 is 21.7 Å². The molecule has 4 rings (SSSR count). The molecule has 8 nitrogen and oxygen atoms in total. The molecule has 184 valence electrons. The van der Waals surface area contributed by atoms with Crippen molar-refractivity contribution in [3.63, 3.8) is 0 Å². The van der Waals surface area contributed by atoms with Crippen molar-refractivity contribution in [1.82, 2.24) is 19.3 Å². The Balaban J connectivity index is 1.58. The standard InChI is InChI=1S/C26H32N6O2S/c1-6-20-15-28-17-24(29-20)25(13-18(2)3)32(5)35(33,34)21-9-7-19(8-10-21)14-26(4)30-22-11-12-27-16-23(22)31-26/h7-12,15-18,25H,6,13-14H2,1-5H3. The first-order valence-corrected chi connectivity index (χ1v) is 13.3. The first-order chi connectivity index (χ1) is 16.6. The van der Waals surface area contributed by atoms with E-state index in [-0.39, 0.29) is 10.8 Å². The van der Waals surface area contributed by atoms with Gasteiger partial charge in [0.25, 0.3) is 0 Å². The lowest BCUT2D eigenvalue weighted by Crippen LogP contribution is -2.33. The van der Waals surface area contributed by atoms with Crippen molar-refractivity contribution >= 4 is 10.0 Å². The van der Waals surface area contributed by atoms with E-state index in [1.807, 2.05) is 32.0 Å². The number of aromatic nitrogens is 3. The van der Waals surface area contributed by atoms with Gasteiger partial charge in [-0.25, -0.2) is 8.42 Å². The Kier molecular flexibility index (Phi) is 7.10. The lowest BCUT2D eigenvalue weighted by atomic mass is 10.0. The molecule has 1 aliphatic heterocycles. The number of aryl methyl sites for hydroxylation is 1. The van der Waals surface area contributed by atoms with E-state index in [0.29, 0.717) is 18.5 Å². The van der Waals surface area contributed by atoms with Gasteiger partial charge in [0.2, 0.25) is 10.0 Å². The molecule has 3 heterocycles. The number of sulfonamides is 1. The van der Waals surface area contributed by atoms with Gasteiger partial charge in [0, 0.05) is 25.9 Å². The van der Waals surface area contributed by atoms with Crippen molar-refractivity contribution in [3.05, 3.63) is 82.8 Å². The maximum Gasteiger partial charge on any atom is 0.243 e. The SMILES string of the molecule is CCc1cncc(C(CC(C)C)N(C)S(=O)(=O)c2ccc(CC3(C)N=c4ccncc4=N3)cc2)n1. The van der Waals surface area contributed by atoms with Crippen molar-refractivity contribution in [2.45, 2.75) is 63.6 Å². The zero-order chi connectivity index (χ0) is 25.2. The van der Waals surface area contributed by atoms with Gasteiger partial charge in [-0.1, -0.05) is 32.9 Å². The molecule has 0 saturated heterocycles. The van der Waals surface area contributed by atoms with Gasteiger partial charge in [-0.05, 0) is 49.4 Å². The van der Waals surface area contributed by atoms with Gasteiger partial charge in [-0.2, -0.15) is 4.31 Å². The van der Waals surface area contributed by atoms with Crippen LogP contribution in [0.15, 0.2) is 70.0 Å². The maximum absolute atomic E-state index is 13.6. The topological polar surface area (TPSA) is 101 Å². The Bertz CT molecular complexity index is 1390. The van der Waals surface area contributed by atoms with Crippen molar-refractivity contribution in [2.75, 3.05) is 7.05 Å². The summed E-state index contributed by atoms with van der Waals surface area (Å²) in [6, 6.07) is 8.45. The normalized spacial score (nSPS) is 18.3. The van der Waals surface area contributed by atoms with Gasteiger partial charge in [-0.3, -0.25) is 24.9 Å². The summed E-state index contributed by atoms with van der Waals surface area (Å²) in [6.45, 7) is 8.13. The smallest absolute Gasteiger partial charge is 0.243 e. The van der Waals surface area contributed by atoms with Crippen LogP contribution in [0, 0.1) is 5.92 Å². The van der Waals surface area contributed by atoms with Gasteiger partial charge in [0.05, 0.1) is 40.1 Å². The molecule has 2 unspecified atom stereocenters. The van der Waals surface area contributed by atoms with E-state index in [4.69, 9.17) is 9.98 Å². The summed E-state index contributed by atoms with van der Waals surface area (Å²) in [4.78, 5) is 22.8. The van der Waals surface area contributed by atoms with Crippen molar-refractivity contribution in [1.29, 1.82) is 0 Å². The molecule has 0 fully saturated rings. The van der Waals surface area contributed by atoms with Crippen LogP contribution in [0.1, 0.15) is 57.1 Å².